The maximum absolute atomic E-state index is 10.6. The molecule has 0 aromatic heterocycles. The highest BCUT2D eigenvalue weighted by Gasteiger charge is 2.57. The summed E-state index contributed by atoms with van der Waals surface area (Å²) < 4.78 is 16.3. The SMILES string of the molecule is [B][P+]1(O)OCC2O[C@@H](N3CNc4cc(C)c(C)cc43)[C@@H](O)[C@H]2O1. The van der Waals surface area contributed by atoms with Crippen LogP contribution in [0.15, 0.2) is 12.1 Å². The molecule has 1 aromatic rings. The molecule has 0 aliphatic carbocycles. The van der Waals surface area contributed by atoms with Gasteiger partial charge in [0.15, 0.2) is 12.3 Å². The first-order chi connectivity index (χ1) is 10.9. The number of nitrogens with one attached hydrogen (secondary N) is 1. The van der Waals surface area contributed by atoms with Crippen LogP contribution in [0.4, 0.5) is 11.4 Å². The summed E-state index contributed by atoms with van der Waals surface area (Å²) in [7, 11) is 2.18. The average Bonchev–Trinajstić information content (AvgIpc) is 3.01. The Kier molecular flexibility index (Phi) is 3.61. The van der Waals surface area contributed by atoms with Crippen LogP contribution < -0.4 is 10.2 Å². The monoisotopic (exact) mass is 337 g/mol. The van der Waals surface area contributed by atoms with Crippen molar-refractivity contribution in [2.45, 2.75) is 38.4 Å². The van der Waals surface area contributed by atoms with Crippen molar-refractivity contribution in [2.75, 3.05) is 23.5 Å². The van der Waals surface area contributed by atoms with Crippen molar-refractivity contribution in [2.24, 2.45) is 0 Å². The smallest absolute Gasteiger partial charge is 0.385 e. The Morgan fingerprint density at radius 1 is 1.35 bits per heavy atom. The minimum Gasteiger partial charge on any atom is -0.385 e. The van der Waals surface area contributed by atoms with E-state index in [9.17, 15) is 10.00 Å². The minimum atomic E-state index is -3.36. The van der Waals surface area contributed by atoms with E-state index < -0.39 is 32.4 Å². The zero-order chi connectivity index (χ0) is 16.4. The van der Waals surface area contributed by atoms with Crippen LogP contribution in [0.5, 0.6) is 0 Å². The van der Waals surface area contributed by atoms with E-state index in [0.717, 1.165) is 11.4 Å². The number of hydrogen-bond acceptors (Lipinski definition) is 7. The third-order valence-electron chi connectivity index (χ3n) is 4.67. The normalized spacial score (nSPS) is 39.0. The van der Waals surface area contributed by atoms with Gasteiger partial charge in [-0.1, -0.05) is 0 Å². The summed E-state index contributed by atoms with van der Waals surface area (Å²) in [6, 6.07) is 4.16. The summed E-state index contributed by atoms with van der Waals surface area (Å²) in [5, 5.41) is 13.9. The van der Waals surface area contributed by atoms with Gasteiger partial charge in [0.2, 0.25) is 0 Å². The molecule has 1 aromatic carbocycles. The number of ether oxygens (including phenoxy) is 1. The lowest BCUT2D eigenvalue weighted by molar-refractivity contribution is -0.0439. The van der Waals surface area contributed by atoms with Crippen molar-refractivity contribution >= 4 is 26.8 Å². The van der Waals surface area contributed by atoms with E-state index in [4.69, 9.17) is 21.4 Å². The number of nitrogens with zero attached hydrogens (tertiary/aromatic N) is 1. The van der Waals surface area contributed by atoms with E-state index in [1.807, 2.05) is 11.8 Å². The molecular formula is C14H19BN2O5P+. The summed E-state index contributed by atoms with van der Waals surface area (Å²) in [5.41, 5.74) is 4.37. The molecule has 4 rings (SSSR count). The number of benzene rings is 1. The van der Waals surface area contributed by atoms with Crippen LogP contribution in [-0.2, 0) is 13.8 Å². The lowest BCUT2D eigenvalue weighted by Crippen LogP contribution is -2.45. The fraction of sp³-hybridized carbons (Fsp3) is 0.571. The third kappa shape index (κ3) is 2.54. The van der Waals surface area contributed by atoms with Crippen LogP contribution in [0, 0.1) is 13.8 Å². The standard InChI is InChI=1S/C14H19BN2O5P/c1-7-3-9-10(4-8(7)2)17(6-16-9)14-12(18)13-11(21-14)5-20-23(15,19)22-13/h3-4,11-14,16,18-19H,5-6H2,1-2H3/q+1/t11?,12-,13-,14+,23?/m0/s1. The van der Waals surface area contributed by atoms with Crippen LogP contribution in [0.3, 0.4) is 0 Å². The maximum atomic E-state index is 10.6. The van der Waals surface area contributed by atoms with Crippen molar-refractivity contribution in [1.82, 2.24) is 0 Å². The van der Waals surface area contributed by atoms with Gasteiger partial charge in [0, 0.05) is 0 Å². The predicted octanol–water partition coefficient (Wildman–Crippen LogP) is 0.832. The van der Waals surface area contributed by atoms with Crippen molar-refractivity contribution in [3.8, 4) is 0 Å². The molecule has 3 N–H and O–H groups in total. The lowest BCUT2D eigenvalue weighted by atomic mass is 10.1. The zero-order valence-electron chi connectivity index (χ0n) is 13.0. The van der Waals surface area contributed by atoms with Gasteiger partial charge in [0.25, 0.3) is 0 Å². The molecule has 0 saturated carbocycles. The zero-order valence-corrected chi connectivity index (χ0v) is 13.9. The van der Waals surface area contributed by atoms with E-state index in [2.05, 4.69) is 24.4 Å². The molecular weight excluding hydrogens is 318 g/mol. The van der Waals surface area contributed by atoms with Crippen LogP contribution in [0.2, 0.25) is 0 Å². The van der Waals surface area contributed by atoms with Gasteiger partial charge in [-0.15, -0.1) is 0 Å². The fourth-order valence-electron chi connectivity index (χ4n) is 3.29. The number of fused-ring (bicyclic) bond motifs is 2. The molecule has 5 atom stereocenters. The Morgan fingerprint density at radius 2 is 2.09 bits per heavy atom. The number of aryl methyl sites for hydroxylation is 2. The second-order valence-electron chi connectivity index (χ2n) is 6.24. The van der Waals surface area contributed by atoms with Crippen LogP contribution >= 0.6 is 7.82 Å². The first-order valence-corrected chi connectivity index (χ1v) is 9.19. The fourth-order valence-corrected chi connectivity index (χ4v) is 4.32. The largest absolute Gasteiger partial charge is 0.488 e. The molecule has 3 aliphatic rings. The van der Waals surface area contributed by atoms with Crippen LogP contribution in [0.1, 0.15) is 11.1 Å². The Labute approximate surface area is 136 Å². The van der Waals surface area contributed by atoms with E-state index in [-0.39, 0.29) is 6.61 Å². The molecule has 0 amide bonds. The molecule has 2 unspecified atom stereocenters. The summed E-state index contributed by atoms with van der Waals surface area (Å²) in [6.45, 7) is 4.75. The van der Waals surface area contributed by atoms with Gasteiger partial charge in [-0.25, -0.2) is 4.89 Å². The summed E-state index contributed by atoms with van der Waals surface area (Å²) >= 11 is 0. The van der Waals surface area contributed by atoms with Gasteiger partial charge in [-0.05, 0) is 37.1 Å². The van der Waals surface area contributed by atoms with Crippen molar-refractivity contribution in [3.05, 3.63) is 23.3 Å². The Bertz CT molecular complexity index is 646. The Morgan fingerprint density at radius 3 is 2.87 bits per heavy atom. The van der Waals surface area contributed by atoms with Crippen LogP contribution in [0.25, 0.3) is 0 Å². The first-order valence-electron chi connectivity index (χ1n) is 7.54. The average molecular weight is 337 g/mol. The number of aliphatic hydroxyl groups excluding tert-OH is 1. The molecule has 3 aliphatic heterocycles. The minimum absolute atomic E-state index is 0.111. The second-order valence-corrected chi connectivity index (χ2v) is 7.84. The number of hydrogen-bond donors (Lipinski definition) is 3. The molecule has 0 spiro atoms. The van der Waals surface area contributed by atoms with Crippen LogP contribution in [-0.4, -0.2) is 55.4 Å². The molecule has 23 heavy (non-hydrogen) atoms. The van der Waals surface area contributed by atoms with Gasteiger partial charge in [0.1, 0.15) is 18.8 Å². The number of aliphatic hydroxyl groups is 1. The van der Waals surface area contributed by atoms with E-state index in [1.165, 1.54) is 11.1 Å². The third-order valence-corrected chi connectivity index (χ3v) is 5.74. The molecule has 3 heterocycles. The van der Waals surface area contributed by atoms with Crippen molar-refractivity contribution in [1.29, 1.82) is 0 Å². The van der Waals surface area contributed by atoms with Gasteiger partial charge in [0.05, 0.1) is 18.0 Å². The molecule has 122 valence electrons. The number of anilines is 2. The lowest BCUT2D eigenvalue weighted by Gasteiger charge is -2.28. The quantitative estimate of drug-likeness (QED) is 0.517. The molecule has 0 bridgehead atoms. The molecule has 7 nitrogen and oxygen atoms in total. The summed E-state index contributed by atoms with van der Waals surface area (Å²) in [5.74, 6) is 0. The summed E-state index contributed by atoms with van der Waals surface area (Å²) in [6.07, 6.45) is -2.64. The van der Waals surface area contributed by atoms with Gasteiger partial charge < -0.3 is 20.1 Å². The first kappa shape index (κ1) is 15.6. The predicted molar refractivity (Wildman–Crippen MR) is 87.3 cm³/mol. The van der Waals surface area contributed by atoms with E-state index in [1.54, 1.807) is 0 Å². The highest BCUT2D eigenvalue weighted by atomic mass is 31.2. The highest BCUT2D eigenvalue weighted by Crippen LogP contribution is 2.58. The Hall–Kier alpha value is -0.885. The van der Waals surface area contributed by atoms with Gasteiger partial charge in [-0.3, -0.25) is 0 Å². The number of rotatable bonds is 1. The van der Waals surface area contributed by atoms with Gasteiger partial charge >= 0.3 is 15.4 Å². The van der Waals surface area contributed by atoms with E-state index >= 15 is 0 Å². The Balaban J connectivity index is 1.60. The summed E-state index contributed by atoms with van der Waals surface area (Å²) in [4.78, 5) is 11.7. The molecule has 2 fully saturated rings. The van der Waals surface area contributed by atoms with Crippen molar-refractivity contribution < 1.29 is 23.8 Å². The maximum Gasteiger partial charge on any atom is 0.488 e. The van der Waals surface area contributed by atoms with E-state index in [0.29, 0.717) is 6.67 Å². The molecule has 9 heteroatoms. The van der Waals surface area contributed by atoms with Gasteiger partial charge in [-0.2, -0.15) is 9.05 Å². The second kappa shape index (κ2) is 5.31. The van der Waals surface area contributed by atoms with Crippen molar-refractivity contribution in [3.63, 3.8) is 0 Å². The highest BCUT2D eigenvalue weighted by molar-refractivity contribution is 7.85. The topological polar surface area (TPSA) is 83.4 Å². The molecule has 2 saturated heterocycles. The molecule has 2 radical (unpaired) electrons.